The molecule has 0 amide bonds. The van der Waals surface area contributed by atoms with E-state index in [-0.39, 0.29) is 22.8 Å². The van der Waals surface area contributed by atoms with Crippen LogP contribution in [0.25, 0.3) is 0 Å². The summed E-state index contributed by atoms with van der Waals surface area (Å²) in [7, 11) is 0. The van der Waals surface area contributed by atoms with Gasteiger partial charge in [0.15, 0.2) is 0 Å². The van der Waals surface area contributed by atoms with Gasteiger partial charge < -0.3 is 10.1 Å². The number of ether oxygens (including phenoxy) is 1. The van der Waals surface area contributed by atoms with Gasteiger partial charge >= 0.3 is 6.18 Å². The molecule has 23 heavy (non-hydrogen) atoms. The number of hydrogen-bond donors (Lipinski definition) is 1. The van der Waals surface area contributed by atoms with E-state index in [1.165, 1.54) is 18.2 Å². The molecule has 1 aliphatic rings. The summed E-state index contributed by atoms with van der Waals surface area (Å²) in [6.07, 6.45) is -3.89. The minimum absolute atomic E-state index is 0.175. The molecule has 0 aliphatic carbocycles. The average Bonchev–Trinajstić information content (AvgIpc) is 2.95. The van der Waals surface area contributed by atoms with Gasteiger partial charge in [-0.3, -0.25) is 0 Å². The van der Waals surface area contributed by atoms with Crippen LogP contribution in [0.4, 0.5) is 13.2 Å². The first-order chi connectivity index (χ1) is 10.8. The van der Waals surface area contributed by atoms with Gasteiger partial charge in [0.05, 0.1) is 5.02 Å². The summed E-state index contributed by atoms with van der Waals surface area (Å²) in [5.41, 5.74) is -0.882. The van der Waals surface area contributed by atoms with E-state index in [9.17, 15) is 13.2 Å². The third kappa shape index (κ3) is 5.19. The molecule has 0 saturated carbocycles. The zero-order chi connectivity index (χ0) is 17.0. The van der Waals surface area contributed by atoms with Gasteiger partial charge in [0, 0.05) is 18.2 Å². The summed E-state index contributed by atoms with van der Waals surface area (Å²) in [6.45, 7) is 5.77. The van der Waals surface area contributed by atoms with Crippen LogP contribution in [-0.2, 0) is 6.18 Å². The largest absolute Gasteiger partial charge is 0.489 e. The van der Waals surface area contributed by atoms with Crippen LogP contribution in [0.2, 0.25) is 5.02 Å². The van der Waals surface area contributed by atoms with E-state index < -0.39 is 11.7 Å². The molecule has 1 aliphatic heterocycles. The molecule has 0 unspecified atom stereocenters. The molecule has 2 atom stereocenters. The van der Waals surface area contributed by atoms with E-state index in [1.807, 2.05) is 0 Å². The highest BCUT2D eigenvalue weighted by Gasteiger charge is 2.38. The summed E-state index contributed by atoms with van der Waals surface area (Å²) in [5.74, 6) is 0.695. The van der Waals surface area contributed by atoms with Crippen LogP contribution >= 0.6 is 23.4 Å². The first kappa shape index (κ1) is 18.7. The zero-order valence-corrected chi connectivity index (χ0v) is 14.7. The van der Waals surface area contributed by atoms with Crippen LogP contribution in [0.5, 0.6) is 5.75 Å². The van der Waals surface area contributed by atoms with Gasteiger partial charge in [0.1, 0.15) is 17.4 Å². The van der Waals surface area contributed by atoms with E-state index >= 15 is 0 Å². The number of rotatable bonds is 6. The number of halogens is 4. The molecule has 0 spiro atoms. The topological polar surface area (TPSA) is 21.3 Å². The fourth-order valence-electron chi connectivity index (χ4n) is 2.59. The fourth-order valence-corrected chi connectivity index (χ4v) is 3.78. The van der Waals surface area contributed by atoms with Gasteiger partial charge in [-0.1, -0.05) is 31.5 Å². The highest BCUT2D eigenvalue weighted by atomic mass is 35.5. The van der Waals surface area contributed by atoms with Gasteiger partial charge in [-0.15, -0.1) is 0 Å². The highest BCUT2D eigenvalue weighted by molar-refractivity contribution is 7.99. The van der Waals surface area contributed by atoms with Crippen molar-refractivity contribution >= 4 is 23.4 Å². The second kappa shape index (κ2) is 7.99. The molecule has 0 bridgehead atoms. The van der Waals surface area contributed by atoms with Crippen molar-refractivity contribution < 1.29 is 17.9 Å². The third-order valence-corrected chi connectivity index (χ3v) is 5.26. The van der Waals surface area contributed by atoms with Crippen molar-refractivity contribution in [1.29, 1.82) is 0 Å². The van der Waals surface area contributed by atoms with Crippen LogP contribution in [0, 0.1) is 5.92 Å². The first-order valence-electron chi connectivity index (χ1n) is 7.63. The van der Waals surface area contributed by atoms with Crippen molar-refractivity contribution in [2.24, 2.45) is 5.92 Å². The Morgan fingerprint density at radius 2 is 2.13 bits per heavy atom. The quantitative estimate of drug-likeness (QED) is 0.776. The Bertz CT molecular complexity index is 519. The standard InChI is InChI=1S/C16H21ClF3NOS/c1-10(2)23-9-14(11-6-7-21-8-11)22-13-5-3-4-12(17)15(13)16(18,19)20/h3-5,10-11,14,21H,6-9H2,1-2H3/t11-,14-/m0/s1. The van der Waals surface area contributed by atoms with Gasteiger partial charge in [-0.2, -0.15) is 24.9 Å². The lowest BCUT2D eigenvalue weighted by Gasteiger charge is -2.26. The average molecular weight is 368 g/mol. The highest BCUT2D eigenvalue weighted by Crippen LogP contribution is 2.42. The van der Waals surface area contributed by atoms with E-state index in [2.05, 4.69) is 19.2 Å². The maximum Gasteiger partial charge on any atom is 0.421 e. The molecule has 1 aromatic rings. The maximum absolute atomic E-state index is 13.3. The van der Waals surface area contributed by atoms with Crippen molar-refractivity contribution in [3.05, 3.63) is 28.8 Å². The van der Waals surface area contributed by atoms with Crippen molar-refractivity contribution in [2.75, 3.05) is 18.8 Å². The maximum atomic E-state index is 13.3. The number of nitrogens with one attached hydrogen (secondary N) is 1. The Morgan fingerprint density at radius 3 is 2.70 bits per heavy atom. The number of hydrogen-bond acceptors (Lipinski definition) is 3. The van der Waals surface area contributed by atoms with E-state index in [0.717, 1.165) is 19.5 Å². The predicted octanol–water partition coefficient (Wildman–Crippen LogP) is 4.86. The summed E-state index contributed by atoms with van der Waals surface area (Å²) < 4.78 is 45.6. The molecule has 2 rings (SSSR count). The second-order valence-electron chi connectivity index (χ2n) is 5.90. The lowest BCUT2D eigenvalue weighted by atomic mass is 10.0. The van der Waals surface area contributed by atoms with E-state index in [0.29, 0.717) is 11.0 Å². The van der Waals surface area contributed by atoms with Gasteiger partial charge in [-0.25, -0.2) is 0 Å². The lowest BCUT2D eigenvalue weighted by Crippen LogP contribution is -2.32. The minimum atomic E-state index is -4.53. The first-order valence-corrected chi connectivity index (χ1v) is 9.06. The summed E-state index contributed by atoms with van der Waals surface area (Å²) in [5, 5.41) is 3.32. The Kier molecular flexibility index (Phi) is 6.51. The number of thioether (sulfide) groups is 1. The molecular formula is C16H21ClF3NOS. The summed E-state index contributed by atoms with van der Waals surface area (Å²) in [6, 6.07) is 4.09. The summed E-state index contributed by atoms with van der Waals surface area (Å²) >= 11 is 7.46. The number of benzene rings is 1. The molecule has 7 heteroatoms. The van der Waals surface area contributed by atoms with Crippen LogP contribution < -0.4 is 10.1 Å². The molecule has 1 heterocycles. The van der Waals surface area contributed by atoms with Crippen LogP contribution in [0.3, 0.4) is 0 Å². The Morgan fingerprint density at radius 1 is 1.39 bits per heavy atom. The molecule has 1 aromatic carbocycles. The zero-order valence-electron chi connectivity index (χ0n) is 13.1. The molecule has 1 fully saturated rings. The second-order valence-corrected chi connectivity index (χ2v) is 7.92. The molecule has 130 valence electrons. The molecule has 1 saturated heterocycles. The molecule has 1 N–H and O–H groups in total. The Labute approximate surface area is 144 Å². The van der Waals surface area contributed by atoms with Crippen molar-refractivity contribution in [3.63, 3.8) is 0 Å². The summed E-state index contributed by atoms with van der Waals surface area (Å²) in [4.78, 5) is 0. The SMILES string of the molecule is CC(C)SC[C@H](Oc1cccc(Cl)c1C(F)(F)F)[C@H]1CCNC1. The van der Waals surface area contributed by atoms with Gasteiger partial charge in [0.25, 0.3) is 0 Å². The lowest BCUT2D eigenvalue weighted by molar-refractivity contribution is -0.139. The van der Waals surface area contributed by atoms with Crippen LogP contribution in [-0.4, -0.2) is 30.2 Å². The minimum Gasteiger partial charge on any atom is -0.489 e. The Hall–Kier alpha value is -0.590. The normalized spacial score (nSPS) is 20.0. The smallest absolute Gasteiger partial charge is 0.421 e. The van der Waals surface area contributed by atoms with Crippen LogP contribution in [0.15, 0.2) is 18.2 Å². The van der Waals surface area contributed by atoms with Crippen molar-refractivity contribution in [3.8, 4) is 5.75 Å². The number of alkyl halides is 3. The fraction of sp³-hybridized carbons (Fsp3) is 0.625. The third-order valence-electron chi connectivity index (χ3n) is 3.76. The van der Waals surface area contributed by atoms with Gasteiger partial charge in [-0.05, 0) is 30.3 Å². The molecular weight excluding hydrogens is 347 g/mol. The van der Waals surface area contributed by atoms with Crippen molar-refractivity contribution in [2.45, 2.75) is 37.8 Å². The predicted molar refractivity (Wildman–Crippen MR) is 89.4 cm³/mol. The van der Waals surface area contributed by atoms with E-state index in [4.69, 9.17) is 16.3 Å². The molecule has 2 nitrogen and oxygen atoms in total. The van der Waals surface area contributed by atoms with Crippen LogP contribution in [0.1, 0.15) is 25.8 Å². The molecule has 0 aromatic heterocycles. The Balaban J connectivity index is 2.23. The van der Waals surface area contributed by atoms with Crippen molar-refractivity contribution in [1.82, 2.24) is 5.32 Å². The van der Waals surface area contributed by atoms with E-state index in [1.54, 1.807) is 11.8 Å². The van der Waals surface area contributed by atoms with Gasteiger partial charge in [0.2, 0.25) is 0 Å². The molecule has 0 radical (unpaired) electrons. The monoisotopic (exact) mass is 367 g/mol.